The van der Waals surface area contributed by atoms with Crippen LogP contribution >= 0.6 is 0 Å². The molecule has 3 atom stereocenters. The first-order chi connectivity index (χ1) is 13.1. The molecule has 1 aromatic rings. The molecular formula is C15H23N7O6. The highest BCUT2D eigenvalue weighted by atomic mass is 16.4. The summed E-state index contributed by atoms with van der Waals surface area (Å²) in [6.07, 6.45) is 2.09. The molecule has 0 aromatic carbocycles. The van der Waals surface area contributed by atoms with Crippen LogP contribution in [-0.2, 0) is 30.4 Å². The van der Waals surface area contributed by atoms with Crippen LogP contribution in [0.1, 0.15) is 19.0 Å². The van der Waals surface area contributed by atoms with Gasteiger partial charge < -0.3 is 37.5 Å². The lowest BCUT2D eigenvalue weighted by Gasteiger charge is -2.20. The van der Waals surface area contributed by atoms with Crippen molar-refractivity contribution in [2.24, 2.45) is 11.5 Å². The quantitative estimate of drug-likeness (QED) is 0.197. The summed E-state index contributed by atoms with van der Waals surface area (Å²) >= 11 is 0. The molecule has 1 aromatic heterocycles. The highest BCUT2D eigenvalue weighted by Crippen LogP contribution is 2.01. The minimum atomic E-state index is -1.42. The van der Waals surface area contributed by atoms with Crippen molar-refractivity contribution in [3.8, 4) is 0 Å². The number of amides is 4. The lowest BCUT2D eigenvalue weighted by Crippen LogP contribution is -2.55. The number of carboxylic acids is 1. The maximum absolute atomic E-state index is 12.4. The SMILES string of the molecule is CC(N)C(=O)NCC(=O)NC(CC(N)=O)C(=O)NC(Cc1cnc[nH]1)C(=O)O. The van der Waals surface area contributed by atoms with Crippen LogP contribution in [0.15, 0.2) is 12.5 Å². The van der Waals surface area contributed by atoms with E-state index in [1.165, 1.54) is 19.4 Å². The Hall–Kier alpha value is -3.48. The normalized spacial score (nSPS) is 13.6. The van der Waals surface area contributed by atoms with Gasteiger partial charge in [-0.15, -0.1) is 0 Å². The fraction of sp³-hybridized carbons (Fsp3) is 0.467. The Kier molecular flexibility index (Phi) is 8.55. The predicted molar refractivity (Wildman–Crippen MR) is 94.3 cm³/mol. The minimum Gasteiger partial charge on any atom is -0.480 e. The average Bonchev–Trinajstić information content (AvgIpc) is 3.10. The highest BCUT2D eigenvalue weighted by molar-refractivity contribution is 5.94. The fourth-order valence-corrected chi connectivity index (χ4v) is 2.07. The first-order valence-electron chi connectivity index (χ1n) is 8.21. The van der Waals surface area contributed by atoms with E-state index in [9.17, 15) is 29.1 Å². The van der Waals surface area contributed by atoms with Gasteiger partial charge in [0.25, 0.3) is 0 Å². The van der Waals surface area contributed by atoms with Crippen LogP contribution in [0.3, 0.4) is 0 Å². The zero-order valence-corrected chi connectivity index (χ0v) is 15.1. The Morgan fingerprint density at radius 3 is 2.36 bits per heavy atom. The number of carbonyl (C=O) groups is 5. The van der Waals surface area contributed by atoms with Crippen molar-refractivity contribution in [1.29, 1.82) is 0 Å². The maximum atomic E-state index is 12.4. The number of hydrogen-bond donors (Lipinski definition) is 7. The number of carboxylic acid groups (broad SMARTS) is 1. The second-order valence-electron chi connectivity index (χ2n) is 5.98. The van der Waals surface area contributed by atoms with Crippen LogP contribution < -0.4 is 27.4 Å². The number of hydrogen-bond acceptors (Lipinski definition) is 7. The van der Waals surface area contributed by atoms with E-state index in [0.29, 0.717) is 5.69 Å². The van der Waals surface area contributed by atoms with Gasteiger partial charge in [-0.05, 0) is 6.92 Å². The topological polar surface area (TPSA) is 222 Å². The summed E-state index contributed by atoms with van der Waals surface area (Å²) in [7, 11) is 0. The summed E-state index contributed by atoms with van der Waals surface area (Å²) in [5, 5.41) is 16.0. The Labute approximate surface area is 159 Å². The summed E-state index contributed by atoms with van der Waals surface area (Å²) in [4.78, 5) is 64.7. The van der Waals surface area contributed by atoms with Crippen molar-refractivity contribution in [2.75, 3.05) is 6.54 Å². The fourth-order valence-electron chi connectivity index (χ4n) is 2.07. The van der Waals surface area contributed by atoms with Crippen molar-refractivity contribution < 1.29 is 29.1 Å². The third-order valence-corrected chi connectivity index (χ3v) is 3.49. The van der Waals surface area contributed by atoms with E-state index in [0.717, 1.165) is 0 Å². The number of primary amides is 1. The second-order valence-corrected chi connectivity index (χ2v) is 5.98. The molecule has 154 valence electrons. The monoisotopic (exact) mass is 397 g/mol. The molecule has 0 aliphatic rings. The number of carbonyl (C=O) groups excluding carboxylic acids is 4. The second kappa shape index (κ2) is 10.6. The summed E-state index contributed by atoms with van der Waals surface area (Å²) in [5.41, 5.74) is 10.9. The van der Waals surface area contributed by atoms with Crippen molar-refractivity contribution >= 4 is 29.6 Å². The van der Waals surface area contributed by atoms with Gasteiger partial charge in [-0.2, -0.15) is 0 Å². The van der Waals surface area contributed by atoms with Crippen LogP contribution in [0, 0.1) is 0 Å². The standard InChI is InChI=1S/C15H23N7O6/c1-7(16)13(25)19-5-12(24)21-9(3-11(17)23)14(26)22-10(15(27)28)2-8-4-18-6-20-8/h4,6-7,9-10H,2-3,5,16H2,1H3,(H2,17,23)(H,18,20)(H,19,25)(H,21,24)(H,22,26)(H,27,28). The first kappa shape index (κ1) is 22.6. The largest absolute Gasteiger partial charge is 0.480 e. The van der Waals surface area contributed by atoms with Gasteiger partial charge in [-0.3, -0.25) is 19.2 Å². The number of nitrogens with zero attached hydrogens (tertiary/aromatic N) is 1. The number of imidazole rings is 1. The van der Waals surface area contributed by atoms with E-state index in [1.54, 1.807) is 0 Å². The van der Waals surface area contributed by atoms with Gasteiger partial charge in [0.05, 0.1) is 25.3 Å². The maximum Gasteiger partial charge on any atom is 0.326 e. The molecule has 3 unspecified atom stereocenters. The van der Waals surface area contributed by atoms with Gasteiger partial charge in [-0.1, -0.05) is 0 Å². The van der Waals surface area contributed by atoms with E-state index in [-0.39, 0.29) is 6.42 Å². The third-order valence-electron chi connectivity index (χ3n) is 3.49. The van der Waals surface area contributed by atoms with Crippen LogP contribution in [-0.4, -0.2) is 69.3 Å². The van der Waals surface area contributed by atoms with Crippen LogP contribution in [0.25, 0.3) is 0 Å². The lowest BCUT2D eigenvalue weighted by atomic mass is 10.1. The molecule has 1 rings (SSSR count). The summed E-state index contributed by atoms with van der Waals surface area (Å²) in [5.74, 6) is -4.50. The van der Waals surface area contributed by atoms with Crippen molar-refractivity contribution in [1.82, 2.24) is 25.9 Å². The zero-order chi connectivity index (χ0) is 21.3. The molecule has 0 fully saturated rings. The van der Waals surface area contributed by atoms with Gasteiger partial charge in [0.1, 0.15) is 12.1 Å². The molecular weight excluding hydrogens is 374 g/mol. The molecule has 4 amide bonds. The molecule has 0 aliphatic carbocycles. The molecule has 13 heteroatoms. The van der Waals surface area contributed by atoms with E-state index in [1.807, 2.05) is 0 Å². The third kappa shape index (κ3) is 7.82. The average molecular weight is 397 g/mol. The van der Waals surface area contributed by atoms with Gasteiger partial charge in [0.15, 0.2) is 0 Å². The van der Waals surface area contributed by atoms with Gasteiger partial charge in [0, 0.05) is 18.3 Å². The van der Waals surface area contributed by atoms with E-state index in [2.05, 4.69) is 25.9 Å². The Bertz CT molecular complexity index is 718. The van der Waals surface area contributed by atoms with Crippen LogP contribution in [0.2, 0.25) is 0 Å². The molecule has 0 bridgehead atoms. The molecule has 0 saturated carbocycles. The number of nitrogens with one attached hydrogen (secondary N) is 4. The van der Waals surface area contributed by atoms with E-state index >= 15 is 0 Å². The summed E-state index contributed by atoms with van der Waals surface area (Å²) < 4.78 is 0. The first-order valence-corrected chi connectivity index (χ1v) is 8.21. The van der Waals surface area contributed by atoms with Crippen molar-refractivity contribution in [3.63, 3.8) is 0 Å². The zero-order valence-electron chi connectivity index (χ0n) is 15.1. The highest BCUT2D eigenvalue weighted by Gasteiger charge is 2.28. The van der Waals surface area contributed by atoms with E-state index < -0.39 is 60.7 Å². The van der Waals surface area contributed by atoms with E-state index in [4.69, 9.17) is 11.5 Å². The number of aliphatic carboxylic acids is 1. The molecule has 28 heavy (non-hydrogen) atoms. The van der Waals surface area contributed by atoms with Gasteiger partial charge in [0.2, 0.25) is 23.6 Å². The molecule has 9 N–H and O–H groups in total. The summed E-state index contributed by atoms with van der Waals surface area (Å²) in [6, 6.07) is -3.59. The molecule has 0 spiro atoms. The molecule has 0 radical (unpaired) electrons. The molecule has 0 aliphatic heterocycles. The lowest BCUT2D eigenvalue weighted by molar-refractivity contribution is -0.142. The molecule has 1 heterocycles. The molecule has 13 nitrogen and oxygen atoms in total. The summed E-state index contributed by atoms with van der Waals surface area (Å²) in [6.45, 7) is 0.932. The van der Waals surface area contributed by atoms with Crippen molar-refractivity contribution in [3.05, 3.63) is 18.2 Å². The van der Waals surface area contributed by atoms with Gasteiger partial charge >= 0.3 is 5.97 Å². The van der Waals surface area contributed by atoms with Crippen LogP contribution in [0.4, 0.5) is 0 Å². The number of aromatic amines is 1. The number of aromatic nitrogens is 2. The number of nitrogens with two attached hydrogens (primary N) is 2. The minimum absolute atomic E-state index is 0.0945. The number of rotatable bonds is 11. The Balaban J connectivity index is 2.74. The predicted octanol–water partition coefficient (Wildman–Crippen LogP) is -3.65. The Morgan fingerprint density at radius 1 is 1.18 bits per heavy atom. The van der Waals surface area contributed by atoms with Gasteiger partial charge in [-0.25, -0.2) is 9.78 Å². The smallest absolute Gasteiger partial charge is 0.326 e. The number of H-pyrrole nitrogens is 1. The van der Waals surface area contributed by atoms with Crippen molar-refractivity contribution in [2.45, 2.75) is 37.9 Å². The Morgan fingerprint density at radius 2 is 1.86 bits per heavy atom. The van der Waals surface area contributed by atoms with Crippen LogP contribution in [0.5, 0.6) is 0 Å². The molecule has 0 saturated heterocycles.